The third-order valence-electron chi connectivity index (χ3n) is 17.7. The summed E-state index contributed by atoms with van der Waals surface area (Å²) in [5.74, 6) is -2.89. The van der Waals surface area contributed by atoms with E-state index in [2.05, 4.69) is 35.6 Å². The number of ether oxygens (including phenoxy) is 7. The number of unbranched alkanes of at least 4 members (excludes halogenated alkanes) is 12. The molecule has 5 amide bonds. The van der Waals surface area contributed by atoms with Gasteiger partial charge >= 0.3 is 7.82 Å². The van der Waals surface area contributed by atoms with E-state index in [4.69, 9.17) is 43.8 Å². The molecule has 31 nitrogen and oxygen atoms in total. The highest BCUT2D eigenvalue weighted by molar-refractivity contribution is 7.47. The van der Waals surface area contributed by atoms with Crippen LogP contribution in [0.1, 0.15) is 224 Å². The lowest BCUT2D eigenvalue weighted by atomic mass is 9.82. The number of phosphoric ester groups is 1. The van der Waals surface area contributed by atoms with Crippen molar-refractivity contribution in [1.29, 1.82) is 0 Å². The molecule has 608 valence electrons. The van der Waals surface area contributed by atoms with Crippen LogP contribution in [0.4, 0.5) is 0 Å². The van der Waals surface area contributed by atoms with Crippen molar-refractivity contribution in [2.75, 3.05) is 99.8 Å². The van der Waals surface area contributed by atoms with Crippen molar-refractivity contribution in [3.63, 3.8) is 0 Å². The Morgan fingerprint density at radius 1 is 0.422 bits per heavy atom. The number of rotatable bonds is 53. The number of aliphatic hydroxyl groups excluding tert-OH is 9. The van der Waals surface area contributed by atoms with Gasteiger partial charge in [0.2, 0.25) is 29.5 Å². The van der Waals surface area contributed by atoms with E-state index in [0.717, 1.165) is 71.3 Å². The zero-order valence-corrected chi connectivity index (χ0v) is 61.3. The van der Waals surface area contributed by atoms with Crippen LogP contribution >= 0.6 is 7.82 Å². The van der Waals surface area contributed by atoms with E-state index in [1.54, 1.807) is 27.9 Å². The molecule has 0 aliphatic carbocycles. The van der Waals surface area contributed by atoms with Crippen molar-refractivity contribution in [3.8, 4) is 0 Å². The number of hydrogen-bond acceptors (Lipinski definition) is 25. The summed E-state index contributed by atoms with van der Waals surface area (Å²) in [6.07, 6.45) is 1.55. The summed E-state index contributed by atoms with van der Waals surface area (Å²) in [5, 5.41) is 105. The second-order valence-corrected chi connectivity index (χ2v) is 27.2. The first kappa shape index (κ1) is 103. The van der Waals surface area contributed by atoms with Crippen molar-refractivity contribution < 1.29 is 122 Å². The zero-order chi connectivity index (χ0) is 74.0. The molecule has 0 aromatic heterocycles. The van der Waals surface area contributed by atoms with Gasteiger partial charge in [-0.25, -0.2) is 4.57 Å². The Morgan fingerprint density at radius 2 is 0.725 bits per heavy atom. The maximum absolute atomic E-state index is 13.8. The van der Waals surface area contributed by atoms with E-state index in [0.29, 0.717) is 104 Å². The molecule has 0 aromatic rings. The highest BCUT2D eigenvalue weighted by atomic mass is 31.2. The third kappa shape index (κ3) is 43.6. The molecule has 102 heavy (non-hydrogen) atoms. The van der Waals surface area contributed by atoms with Gasteiger partial charge in [-0.3, -0.25) is 33.0 Å². The van der Waals surface area contributed by atoms with Gasteiger partial charge in [0.15, 0.2) is 18.9 Å². The minimum atomic E-state index is -3.75. The maximum Gasteiger partial charge on any atom is 0.471 e. The van der Waals surface area contributed by atoms with Crippen LogP contribution in [0.25, 0.3) is 0 Å². The molecule has 0 bridgehead atoms. The van der Waals surface area contributed by atoms with Gasteiger partial charge in [-0.15, -0.1) is 0 Å². The van der Waals surface area contributed by atoms with Crippen molar-refractivity contribution in [3.05, 3.63) is 0 Å². The fraction of sp³-hybridized carbons (Fsp3) is 0.929. The Hall–Kier alpha value is -3.22. The summed E-state index contributed by atoms with van der Waals surface area (Å²) in [5.41, 5.74) is 4.14. The molecule has 16 unspecified atom stereocenters. The van der Waals surface area contributed by atoms with Crippen LogP contribution in [-0.4, -0.2) is 260 Å². The minimum absolute atomic E-state index is 0. The van der Waals surface area contributed by atoms with Gasteiger partial charge < -0.3 is 116 Å². The van der Waals surface area contributed by atoms with Crippen molar-refractivity contribution in [2.45, 2.75) is 303 Å². The molecule has 3 saturated heterocycles. The summed E-state index contributed by atoms with van der Waals surface area (Å²) in [7, 11) is -1.03. The average molecular weight is 1500 g/mol. The highest BCUT2D eigenvalue weighted by Crippen LogP contribution is 2.42. The van der Waals surface area contributed by atoms with E-state index in [9.17, 15) is 74.5 Å². The predicted octanol–water partition coefficient (Wildman–Crippen LogP) is 4.01. The second kappa shape index (κ2) is 61.8. The second-order valence-electron chi connectivity index (χ2n) is 25.7. The Morgan fingerprint density at radius 3 is 1.05 bits per heavy atom. The molecular weight excluding hydrogens is 1360 g/mol. The summed E-state index contributed by atoms with van der Waals surface area (Å²) in [6.45, 7) is 11.7. The van der Waals surface area contributed by atoms with Crippen LogP contribution in [0.5, 0.6) is 0 Å². The van der Waals surface area contributed by atoms with Gasteiger partial charge in [0, 0.05) is 122 Å². The van der Waals surface area contributed by atoms with Crippen LogP contribution in [-0.2, 0) is 70.7 Å². The molecule has 3 aliphatic heterocycles. The molecule has 0 aromatic carbocycles. The number of methoxy groups -OCH3 is 1. The molecule has 3 aliphatic rings. The number of nitrogens with one attached hydrogen (secondary N) is 5. The summed E-state index contributed by atoms with van der Waals surface area (Å²) in [4.78, 5) is 75.6. The van der Waals surface area contributed by atoms with Gasteiger partial charge in [-0.1, -0.05) is 108 Å². The predicted molar refractivity (Wildman–Crippen MR) is 387 cm³/mol. The van der Waals surface area contributed by atoms with Crippen molar-refractivity contribution in [2.24, 2.45) is 23.5 Å². The summed E-state index contributed by atoms with van der Waals surface area (Å²) < 4.78 is 59.0. The topological polar surface area (TPSA) is 474 Å². The van der Waals surface area contributed by atoms with Crippen LogP contribution in [0, 0.1) is 17.8 Å². The molecule has 3 heterocycles. The molecular formula is C70H143N6O25P. The first-order chi connectivity index (χ1) is 47.4. The van der Waals surface area contributed by atoms with Gasteiger partial charge in [-0.2, -0.15) is 0 Å². The van der Waals surface area contributed by atoms with Crippen LogP contribution in [0.15, 0.2) is 0 Å². The number of amides is 5. The van der Waals surface area contributed by atoms with E-state index >= 15 is 0 Å². The van der Waals surface area contributed by atoms with Gasteiger partial charge in [0.05, 0.1) is 44.7 Å². The first-order valence-corrected chi connectivity index (χ1v) is 37.8. The largest absolute Gasteiger partial charge is 0.471 e. The van der Waals surface area contributed by atoms with Gasteiger partial charge in [0.25, 0.3) is 0 Å². The zero-order valence-electron chi connectivity index (χ0n) is 60.4. The van der Waals surface area contributed by atoms with E-state index in [-0.39, 0.29) is 116 Å². The summed E-state index contributed by atoms with van der Waals surface area (Å²) >= 11 is 0. The lowest BCUT2D eigenvalue weighted by Crippen LogP contribution is -2.55. The maximum atomic E-state index is 13.8. The summed E-state index contributed by atoms with van der Waals surface area (Å²) in [6, 6.07) is 0. The molecule has 0 spiro atoms. The molecule has 3 fully saturated rings. The molecule has 3 rings (SSSR count). The average Bonchev–Trinajstić information content (AvgIpc) is 0.838. The first-order valence-electron chi connectivity index (χ1n) is 36.3. The van der Waals surface area contributed by atoms with E-state index in [1.807, 2.05) is 13.8 Å². The molecule has 0 radical (unpaired) electrons. The number of nitrogens with two attached hydrogens (primary N) is 1. The highest BCUT2D eigenvalue weighted by Gasteiger charge is 2.45. The standard InChI is InChI=1S/C58H107N5O21.C7H18NO4P.C2H6.3CH4/c1-38-49(72)52(75)41(35-64)82-55(38)79-32-14-8-5-11-27-59-45(68)21-24-58(63-48(71)20-17-19-44(67)62-30-18-31-78-4,25-22-46(69)60-28-12-6-9-15-33-80-56-39(2)50(73)53(76)42(36-65)83-56)26-23-47(70)61-29-13-7-10-16-34-81-57-40(3)51(74)54(77)43(37-66)84-57;1-11-13(9,10)12-7-5-3-2-4-6-8;1-2;;;/h38-43,49-57,64-66,72-77H,5-37H2,1-4H3,(H,59,68)(H,60,69)(H,61,70)(H,62,67)(H,63,71);2-8H2,1H3,(H,9,10);1-2H3;3*1H4. The van der Waals surface area contributed by atoms with Gasteiger partial charge in [-0.05, 0) is 90.0 Å². The fourth-order valence-corrected chi connectivity index (χ4v) is 11.7. The van der Waals surface area contributed by atoms with Gasteiger partial charge in [0.1, 0.15) is 36.6 Å². The Kier molecular flexibility index (Phi) is 62.3. The monoisotopic (exact) mass is 1500 g/mol. The SMILES string of the molecule is C.C.C.CC.COCCCNC(=O)CCCC(=O)NC(CCC(=O)NCCCCCCOC1OC(CO)C(O)C(O)C1C)(CCC(=O)NCCCCCCOC1OC(CO)C(O)C(O)C1C)CCC(=O)NCCCCCCOC1OC(CO)C(O)C(O)C1C.COP(=O)(O)OCCCCCCN. The number of hydrogen-bond donors (Lipinski definition) is 16. The van der Waals surface area contributed by atoms with Crippen molar-refractivity contribution in [1.82, 2.24) is 26.6 Å². The Bertz CT molecular complexity index is 1990. The van der Waals surface area contributed by atoms with E-state index < -0.39 is 125 Å². The smallest absolute Gasteiger partial charge is 0.394 e. The van der Waals surface area contributed by atoms with Crippen molar-refractivity contribution >= 4 is 37.4 Å². The van der Waals surface area contributed by atoms with Crippen LogP contribution in [0.3, 0.4) is 0 Å². The normalized spacial score (nSPS) is 25.7. The molecule has 0 saturated carbocycles. The molecule has 17 N–H and O–H groups in total. The van der Waals surface area contributed by atoms with E-state index in [1.165, 1.54) is 0 Å². The Balaban J connectivity index is -0.00000487. The van der Waals surface area contributed by atoms with Crippen LogP contribution in [0.2, 0.25) is 0 Å². The lowest BCUT2D eigenvalue weighted by Gasteiger charge is -2.40. The molecule has 32 heteroatoms. The number of carbonyl (C=O) groups excluding carboxylic acids is 5. The third-order valence-corrected chi connectivity index (χ3v) is 18.7. The minimum Gasteiger partial charge on any atom is -0.394 e. The number of phosphoric acid groups is 1. The fourth-order valence-electron chi connectivity index (χ4n) is 11.3. The number of aliphatic hydroxyl groups is 9. The van der Waals surface area contributed by atoms with Crippen LogP contribution < -0.4 is 32.3 Å². The number of carbonyl (C=O) groups is 5. The molecule has 16 atom stereocenters. The quantitative estimate of drug-likeness (QED) is 0.0302. The Labute approximate surface area is 609 Å². The lowest BCUT2D eigenvalue weighted by molar-refractivity contribution is -0.282.